The van der Waals surface area contributed by atoms with Crippen LogP contribution < -0.4 is 14.8 Å². The lowest BCUT2D eigenvalue weighted by Crippen LogP contribution is -2.26. The predicted octanol–water partition coefficient (Wildman–Crippen LogP) is 2.41. The Labute approximate surface area is 115 Å². The molecule has 0 fully saturated rings. The second-order valence-corrected chi connectivity index (χ2v) is 5.12. The lowest BCUT2D eigenvalue weighted by atomic mass is 10.0. The zero-order valence-electron chi connectivity index (χ0n) is 12.6. The molecule has 1 N–H and O–H groups in total. The zero-order valence-corrected chi connectivity index (χ0v) is 12.6. The third-order valence-electron chi connectivity index (χ3n) is 3.06. The van der Waals surface area contributed by atoms with E-state index in [1.165, 1.54) is 12.7 Å². The van der Waals surface area contributed by atoms with Gasteiger partial charge >= 0.3 is 0 Å². The molecule has 1 aromatic rings. The predicted molar refractivity (Wildman–Crippen MR) is 75.5 cm³/mol. The van der Waals surface area contributed by atoms with Crippen molar-refractivity contribution in [1.29, 1.82) is 0 Å². The minimum Gasteiger partial charge on any atom is -0.481 e. The molecule has 0 spiro atoms. The van der Waals surface area contributed by atoms with Crippen LogP contribution in [0.3, 0.4) is 0 Å². The van der Waals surface area contributed by atoms with Crippen molar-refractivity contribution < 1.29 is 9.47 Å². The Morgan fingerprint density at radius 2 is 1.63 bits per heavy atom. The summed E-state index contributed by atoms with van der Waals surface area (Å²) in [7, 11) is 3.21. The van der Waals surface area contributed by atoms with E-state index in [1.807, 2.05) is 0 Å². The normalized spacial score (nSPS) is 12.5. The molecule has 0 saturated heterocycles. The van der Waals surface area contributed by atoms with Gasteiger partial charge < -0.3 is 14.8 Å². The third-order valence-corrected chi connectivity index (χ3v) is 3.06. The highest BCUT2D eigenvalue weighted by atomic mass is 16.5. The van der Waals surface area contributed by atoms with Gasteiger partial charge in [0.15, 0.2) is 0 Å². The van der Waals surface area contributed by atoms with Crippen molar-refractivity contribution in [3.8, 4) is 11.8 Å². The van der Waals surface area contributed by atoms with Crippen LogP contribution in [0, 0.1) is 5.92 Å². The van der Waals surface area contributed by atoms with Gasteiger partial charge in [0.05, 0.1) is 19.8 Å². The van der Waals surface area contributed by atoms with E-state index in [1.54, 1.807) is 14.2 Å². The first-order valence-electron chi connectivity index (χ1n) is 6.73. The van der Waals surface area contributed by atoms with Crippen molar-refractivity contribution >= 4 is 0 Å². The molecule has 0 aliphatic rings. The van der Waals surface area contributed by atoms with E-state index in [0.29, 0.717) is 24.3 Å². The van der Waals surface area contributed by atoms with E-state index >= 15 is 0 Å². The minimum atomic E-state index is 0.442. The summed E-state index contributed by atoms with van der Waals surface area (Å²) in [5.41, 5.74) is 0.865. The number of hydrogen-bond acceptors (Lipinski definition) is 5. The van der Waals surface area contributed by atoms with Crippen molar-refractivity contribution in [2.75, 3.05) is 14.2 Å². The zero-order chi connectivity index (χ0) is 14.3. The second-order valence-electron chi connectivity index (χ2n) is 5.12. The summed E-state index contributed by atoms with van der Waals surface area (Å²) in [6.07, 6.45) is 3.81. The maximum Gasteiger partial charge on any atom is 0.224 e. The molecule has 19 heavy (non-hydrogen) atoms. The molecule has 5 nitrogen and oxygen atoms in total. The fourth-order valence-corrected chi connectivity index (χ4v) is 1.85. The lowest BCUT2D eigenvalue weighted by molar-refractivity contribution is 0.355. The highest BCUT2D eigenvalue weighted by molar-refractivity contribution is 5.34. The standard InChI is InChI=1S/C14H25N3O2/c1-10(2)6-7-11(3)15-8-12-13(18-4)16-9-17-14(12)19-5/h9-11,15H,6-8H2,1-5H3. The van der Waals surface area contributed by atoms with Gasteiger partial charge in [-0.1, -0.05) is 13.8 Å². The van der Waals surface area contributed by atoms with Gasteiger partial charge in [-0.25, -0.2) is 9.97 Å². The molecule has 0 aliphatic heterocycles. The molecular weight excluding hydrogens is 242 g/mol. The van der Waals surface area contributed by atoms with Crippen LogP contribution in [0.1, 0.15) is 39.2 Å². The number of rotatable bonds is 8. The summed E-state index contributed by atoms with van der Waals surface area (Å²) in [4.78, 5) is 8.21. The molecule has 1 heterocycles. The van der Waals surface area contributed by atoms with Crippen molar-refractivity contribution in [2.45, 2.75) is 46.2 Å². The van der Waals surface area contributed by atoms with E-state index in [0.717, 1.165) is 17.9 Å². The maximum absolute atomic E-state index is 5.25. The van der Waals surface area contributed by atoms with Crippen LogP contribution in [0.25, 0.3) is 0 Å². The minimum absolute atomic E-state index is 0.442. The van der Waals surface area contributed by atoms with Gasteiger partial charge in [0.2, 0.25) is 11.8 Å². The first-order valence-corrected chi connectivity index (χ1v) is 6.73. The first kappa shape index (κ1) is 15.7. The molecule has 0 bridgehead atoms. The summed E-state index contributed by atoms with van der Waals surface area (Å²) < 4.78 is 10.5. The number of aromatic nitrogens is 2. The summed E-state index contributed by atoms with van der Waals surface area (Å²) in [5, 5.41) is 3.46. The van der Waals surface area contributed by atoms with Crippen LogP contribution in [0.2, 0.25) is 0 Å². The molecule has 0 aliphatic carbocycles. The number of ether oxygens (including phenoxy) is 2. The Kier molecular flexibility index (Phi) is 6.56. The van der Waals surface area contributed by atoms with Gasteiger partial charge in [-0.05, 0) is 25.7 Å². The van der Waals surface area contributed by atoms with Crippen LogP contribution in [-0.4, -0.2) is 30.2 Å². The van der Waals surface area contributed by atoms with Crippen LogP contribution in [0.15, 0.2) is 6.33 Å². The van der Waals surface area contributed by atoms with E-state index in [2.05, 4.69) is 36.1 Å². The highest BCUT2D eigenvalue weighted by Crippen LogP contribution is 2.23. The monoisotopic (exact) mass is 267 g/mol. The van der Waals surface area contributed by atoms with Crippen molar-refractivity contribution in [3.05, 3.63) is 11.9 Å². The number of hydrogen-bond donors (Lipinski definition) is 1. The third kappa shape index (κ3) is 5.03. The molecule has 0 radical (unpaired) electrons. The van der Waals surface area contributed by atoms with Crippen molar-refractivity contribution in [1.82, 2.24) is 15.3 Å². The first-order chi connectivity index (χ1) is 9.08. The van der Waals surface area contributed by atoms with Gasteiger partial charge in [0.1, 0.15) is 6.33 Å². The van der Waals surface area contributed by atoms with Gasteiger partial charge in [0.25, 0.3) is 0 Å². The largest absolute Gasteiger partial charge is 0.481 e. The highest BCUT2D eigenvalue weighted by Gasteiger charge is 2.13. The van der Waals surface area contributed by atoms with Crippen molar-refractivity contribution in [3.63, 3.8) is 0 Å². The summed E-state index contributed by atoms with van der Waals surface area (Å²) in [5.74, 6) is 1.86. The van der Waals surface area contributed by atoms with Crippen molar-refractivity contribution in [2.24, 2.45) is 5.92 Å². The Bertz CT molecular complexity index is 361. The fraction of sp³-hybridized carbons (Fsp3) is 0.714. The van der Waals surface area contributed by atoms with Crippen LogP contribution in [0.5, 0.6) is 11.8 Å². The average Bonchev–Trinajstić information content (AvgIpc) is 2.42. The SMILES string of the molecule is COc1ncnc(OC)c1CNC(C)CCC(C)C. The Morgan fingerprint density at radius 1 is 1.05 bits per heavy atom. The average molecular weight is 267 g/mol. The molecular formula is C14H25N3O2. The molecule has 0 aromatic carbocycles. The smallest absolute Gasteiger partial charge is 0.224 e. The topological polar surface area (TPSA) is 56.3 Å². The van der Waals surface area contributed by atoms with E-state index < -0.39 is 0 Å². The summed E-state index contributed by atoms with van der Waals surface area (Å²) >= 11 is 0. The molecule has 1 rings (SSSR count). The summed E-state index contributed by atoms with van der Waals surface area (Å²) in [6.45, 7) is 7.31. The van der Waals surface area contributed by atoms with Crippen LogP contribution >= 0.6 is 0 Å². The molecule has 0 amide bonds. The lowest BCUT2D eigenvalue weighted by Gasteiger charge is -2.17. The van der Waals surface area contributed by atoms with Gasteiger partial charge in [-0.15, -0.1) is 0 Å². The Morgan fingerprint density at radius 3 is 2.11 bits per heavy atom. The molecule has 0 saturated carbocycles. The Balaban J connectivity index is 2.61. The molecule has 1 atom stereocenters. The van der Waals surface area contributed by atoms with Gasteiger partial charge in [-0.3, -0.25) is 0 Å². The molecule has 1 unspecified atom stereocenters. The summed E-state index contributed by atoms with van der Waals surface area (Å²) in [6, 6.07) is 0.442. The van der Waals surface area contributed by atoms with E-state index in [-0.39, 0.29) is 0 Å². The second kappa shape index (κ2) is 7.94. The number of nitrogens with zero attached hydrogens (tertiary/aromatic N) is 2. The number of nitrogens with one attached hydrogen (secondary N) is 1. The number of methoxy groups -OCH3 is 2. The van der Waals surface area contributed by atoms with Gasteiger partial charge in [0, 0.05) is 12.6 Å². The maximum atomic E-state index is 5.25. The van der Waals surface area contributed by atoms with Crippen LogP contribution in [-0.2, 0) is 6.54 Å². The fourth-order valence-electron chi connectivity index (χ4n) is 1.85. The van der Waals surface area contributed by atoms with E-state index in [9.17, 15) is 0 Å². The molecule has 1 aromatic heterocycles. The van der Waals surface area contributed by atoms with Gasteiger partial charge in [-0.2, -0.15) is 0 Å². The molecule has 5 heteroatoms. The van der Waals surface area contributed by atoms with E-state index in [4.69, 9.17) is 9.47 Å². The quantitative estimate of drug-likeness (QED) is 0.784. The van der Waals surface area contributed by atoms with Crippen LogP contribution in [0.4, 0.5) is 0 Å². The molecule has 108 valence electrons. The Hall–Kier alpha value is -1.36.